The van der Waals surface area contributed by atoms with Crippen LogP contribution in [0.15, 0.2) is 102 Å². The summed E-state index contributed by atoms with van der Waals surface area (Å²) in [7, 11) is 1.29. The lowest BCUT2D eigenvalue weighted by atomic mass is 10.0. The number of benzodiazepines with no additional fused rings is 1. The van der Waals surface area contributed by atoms with Crippen LogP contribution in [0, 0.1) is 0 Å². The number of aromatic amines is 1. The second-order valence-electron chi connectivity index (χ2n) is 8.38. The molecule has 1 aromatic heterocycles. The Morgan fingerprint density at radius 1 is 1.03 bits per heavy atom. The van der Waals surface area contributed by atoms with E-state index in [-0.39, 0.29) is 6.54 Å². The number of amides is 2. The number of fused-ring (bicyclic) bond motifs is 2. The third-order valence-electron chi connectivity index (χ3n) is 6.04. The highest BCUT2D eigenvalue weighted by molar-refractivity contribution is 6.20. The zero-order chi connectivity index (χ0) is 25.8. The second kappa shape index (κ2) is 10.3. The maximum absolute atomic E-state index is 13.8. The number of para-hydroxylation sites is 2. The van der Waals surface area contributed by atoms with Gasteiger partial charge in [0, 0.05) is 34.7 Å². The SMILES string of the molecule is COC(=O)/C=C/CN1C(=O)[C@@H](NC(=O)c2cc3ccccc3[nH]2)N=C(c2ccccc2)c2ccccc21. The Kier molecular flexibility index (Phi) is 6.63. The number of anilines is 1. The molecule has 1 aliphatic heterocycles. The molecular formula is C29H24N4O4. The normalized spacial score (nSPS) is 15.3. The molecule has 2 N–H and O–H groups in total. The van der Waals surface area contributed by atoms with Gasteiger partial charge in [-0.2, -0.15) is 0 Å². The number of hydrogen-bond acceptors (Lipinski definition) is 5. The van der Waals surface area contributed by atoms with Crippen molar-refractivity contribution in [3.63, 3.8) is 0 Å². The standard InChI is InChI=1S/C29H24N4O4/c1-37-25(34)16-9-17-33-24-15-8-6-13-21(24)26(19-10-3-2-4-11-19)31-27(29(33)36)32-28(35)23-18-20-12-5-7-14-22(20)30-23/h2-16,18,27,30H,17H2,1H3,(H,32,35)/b16-9+/t27-/m1/s1. The molecule has 2 amide bonds. The first-order chi connectivity index (χ1) is 18.0. The molecular weight excluding hydrogens is 468 g/mol. The highest BCUT2D eigenvalue weighted by atomic mass is 16.5. The average molecular weight is 493 g/mol. The van der Waals surface area contributed by atoms with Crippen LogP contribution in [0.5, 0.6) is 0 Å². The highest BCUT2D eigenvalue weighted by Gasteiger charge is 2.33. The van der Waals surface area contributed by atoms with E-state index in [4.69, 9.17) is 4.99 Å². The number of nitrogens with one attached hydrogen (secondary N) is 2. The lowest BCUT2D eigenvalue weighted by Gasteiger charge is -2.24. The minimum absolute atomic E-state index is 0.0846. The van der Waals surface area contributed by atoms with Gasteiger partial charge in [-0.1, -0.05) is 72.8 Å². The molecule has 0 unspecified atom stereocenters. The van der Waals surface area contributed by atoms with Crippen molar-refractivity contribution < 1.29 is 19.1 Å². The minimum Gasteiger partial charge on any atom is -0.466 e. The Hall–Kier alpha value is -4.98. The number of carbonyl (C=O) groups excluding carboxylic acids is 3. The van der Waals surface area contributed by atoms with Crippen molar-refractivity contribution in [1.29, 1.82) is 0 Å². The molecule has 1 atom stereocenters. The van der Waals surface area contributed by atoms with Gasteiger partial charge in [-0.3, -0.25) is 9.59 Å². The van der Waals surface area contributed by atoms with E-state index in [1.54, 1.807) is 12.1 Å². The van der Waals surface area contributed by atoms with Gasteiger partial charge in [-0.25, -0.2) is 9.79 Å². The molecule has 0 aliphatic carbocycles. The lowest BCUT2D eigenvalue weighted by molar-refractivity contribution is -0.134. The monoisotopic (exact) mass is 492 g/mol. The quantitative estimate of drug-likeness (QED) is 0.315. The van der Waals surface area contributed by atoms with E-state index in [1.165, 1.54) is 18.1 Å². The van der Waals surface area contributed by atoms with E-state index in [2.05, 4.69) is 15.0 Å². The maximum atomic E-state index is 13.8. The Bertz CT molecular complexity index is 1500. The van der Waals surface area contributed by atoms with Crippen LogP contribution < -0.4 is 10.2 Å². The molecule has 37 heavy (non-hydrogen) atoms. The summed E-state index contributed by atoms with van der Waals surface area (Å²) in [6.07, 6.45) is 1.61. The summed E-state index contributed by atoms with van der Waals surface area (Å²) in [5.74, 6) is -1.42. The van der Waals surface area contributed by atoms with Crippen LogP contribution in [0.4, 0.5) is 5.69 Å². The van der Waals surface area contributed by atoms with E-state index in [0.717, 1.165) is 22.0 Å². The number of aromatic nitrogens is 1. The van der Waals surface area contributed by atoms with Crippen molar-refractivity contribution in [2.45, 2.75) is 6.17 Å². The number of H-pyrrole nitrogens is 1. The molecule has 8 heteroatoms. The number of benzene rings is 3. The number of ether oxygens (including phenoxy) is 1. The summed E-state index contributed by atoms with van der Waals surface area (Å²) in [6.45, 7) is 0.0846. The van der Waals surface area contributed by atoms with Crippen LogP contribution >= 0.6 is 0 Å². The largest absolute Gasteiger partial charge is 0.466 e. The average Bonchev–Trinajstić information content (AvgIpc) is 3.34. The van der Waals surface area contributed by atoms with Crippen LogP contribution in [0.2, 0.25) is 0 Å². The number of nitrogens with zero attached hydrogens (tertiary/aromatic N) is 2. The lowest BCUT2D eigenvalue weighted by Crippen LogP contribution is -2.47. The summed E-state index contributed by atoms with van der Waals surface area (Å²) < 4.78 is 4.67. The van der Waals surface area contributed by atoms with Gasteiger partial charge in [-0.15, -0.1) is 0 Å². The first-order valence-electron chi connectivity index (χ1n) is 11.7. The number of rotatable bonds is 6. The zero-order valence-electron chi connectivity index (χ0n) is 20.0. The fourth-order valence-corrected chi connectivity index (χ4v) is 4.26. The maximum Gasteiger partial charge on any atom is 0.330 e. The van der Waals surface area contributed by atoms with Gasteiger partial charge in [0.15, 0.2) is 0 Å². The van der Waals surface area contributed by atoms with E-state index < -0.39 is 23.9 Å². The number of aliphatic imine (C=N–C) groups is 1. The van der Waals surface area contributed by atoms with E-state index in [9.17, 15) is 14.4 Å². The predicted molar refractivity (Wildman–Crippen MR) is 142 cm³/mol. The van der Waals surface area contributed by atoms with Gasteiger partial charge in [0.2, 0.25) is 6.17 Å². The van der Waals surface area contributed by atoms with Crippen molar-refractivity contribution in [1.82, 2.24) is 10.3 Å². The Morgan fingerprint density at radius 2 is 1.76 bits per heavy atom. The fraction of sp³-hybridized carbons (Fsp3) is 0.103. The topological polar surface area (TPSA) is 104 Å². The third-order valence-corrected chi connectivity index (χ3v) is 6.04. The molecule has 0 saturated heterocycles. The predicted octanol–water partition coefficient (Wildman–Crippen LogP) is 3.84. The smallest absolute Gasteiger partial charge is 0.330 e. The Morgan fingerprint density at radius 3 is 2.54 bits per heavy atom. The molecule has 0 spiro atoms. The van der Waals surface area contributed by atoms with Crippen LogP contribution in [-0.4, -0.2) is 48.3 Å². The van der Waals surface area contributed by atoms with Gasteiger partial charge in [0.1, 0.15) is 5.69 Å². The van der Waals surface area contributed by atoms with Crippen molar-refractivity contribution in [3.05, 3.63) is 114 Å². The molecule has 3 aromatic carbocycles. The molecule has 0 fully saturated rings. The van der Waals surface area contributed by atoms with E-state index >= 15 is 0 Å². The highest BCUT2D eigenvalue weighted by Crippen LogP contribution is 2.28. The molecule has 0 saturated carbocycles. The van der Waals surface area contributed by atoms with Crippen molar-refractivity contribution in [2.75, 3.05) is 18.6 Å². The zero-order valence-corrected chi connectivity index (χ0v) is 20.0. The second-order valence-corrected chi connectivity index (χ2v) is 8.38. The molecule has 0 radical (unpaired) electrons. The molecule has 0 bridgehead atoms. The van der Waals surface area contributed by atoms with Crippen molar-refractivity contribution >= 4 is 40.1 Å². The minimum atomic E-state index is -1.20. The van der Waals surface area contributed by atoms with Crippen LogP contribution in [-0.2, 0) is 14.3 Å². The van der Waals surface area contributed by atoms with Crippen molar-refractivity contribution in [3.8, 4) is 0 Å². The van der Waals surface area contributed by atoms with Crippen molar-refractivity contribution in [2.24, 2.45) is 4.99 Å². The Balaban J connectivity index is 1.56. The first-order valence-corrected chi connectivity index (χ1v) is 11.7. The number of carbonyl (C=O) groups is 3. The molecule has 4 aromatic rings. The molecule has 184 valence electrons. The van der Waals surface area contributed by atoms with E-state index in [1.807, 2.05) is 78.9 Å². The van der Waals surface area contributed by atoms with E-state index in [0.29, 0.717) is 17.1 Å². The van der Waals surface area contributed by atoms with Gasteiger partial charge in [-0.05, 0) is 18.2 Å². The third kappa shape index (κ3) is 4.90. The molecule has 2 heterocycles. The summed E-state index contributed by atoms with van der Waals surface area (Å²) in [5.41, 5.74) is 3.87. The summed E-state index contributed by atoms with van der Waals surface area (Å²) in [6, 6.07) is 26.2. The summed E-state index contributed by atoms with van der Waals surface area (Å²) in [4.78, 5) is 48.0. The van der Waals surface area contributed by atoms with Gasteiger partial charge in [0.25, 0.3) is 11.8 Å². The number of esters is 1. The van der Waals surface area contributed by atoms with Gasteiger partial charge in [0.05, 0.1) is 18.5 Å². The number of methoxy groups -OCH3 is 1. The van der Waals surface area contributed by atoms with Crippen LogP contribution in [0.1, 0.15) is 21.6 Å². The first kappa shape index (κ1) is 23.7. The van der Waals surface area contributed by atoms with Gasteiger partial charge >= 0.3 is 5.97 Å². The summed E-state index contributed by atoms with van der Waals surface area (Å²) >= 11 is 0. The fourth-order valence-electron chi connectivity index (χ4n) is 4.26. The molecule has 1 aliphatic rings. The van der Waals surface area contributed by atoms with Crippen LogP contribution in [0.3, 0.4) is 0 Å². The molecule has 5 rings (SSSR count). The molecule has 8 nitrogen and oxygen atoms in total. The van der Waals surface area contributed by atoms with Gasteiger partial charge < -0.3 is 19.9 Å². The Labute approximate surface area is 213 Å². The summed E-state index contributed by atoms with van der Waals surface area (Å²) in [5, 5.41) is 3.68. The van der Waals surface area contributed by atoms with Crippen LogP contribution in [0.25, 0.3) is 10.9 Å². The number of hydrogen-bond donors (Lipinski definition) is 2.